The summed E-state index contributed by atoms with van der Waals surface area (Å²) in [5.74, 6) is -0.456. The highest BCUT2D eigenvalue weighted by atomic mass is 16.5. The zero-order valence-electron chi connectivity index (χ0n) is 10.0. The number of pyridine rings is 1. The van der Waals surface area contributed by atoms with Gasteiger partial charge in [-0.2, -0.15) is 5.10 Å². The van der Waals surface area contributed by atoms with E-state index in [1.54, 1.807) is 18.7 Å². The van der Waals surface area contributed by atoms with Crippen LogP contribution in [0.15, 0.2) is 6.20 Å². The highest BCUT2D eigenvalue weighted by Gasteiger charge is 2.18. The van der Waals surface area contributed by atoms with Crippen LogP contribution in [0, 0.1) is 6.92 Å². The lowest BCUT2D eigenvalue weighted by Gasteiger charge is -2.05. The number of nitrogens with two attached hydrogens (primary N) is 1. The number of rotatable bonds is 2. The molecule has 0 aliphatic rings. The number of fused-ring (bicyclic) bond motifs is 1. The van der Waals surface area contributed by atoms with Gasteiger partial charge in [0.25, 0.3) is 0 Å². The van der Waals surface area contributed by atoms with Gasteiger partial charge in [-0.05, 0) is 13.8 Å². The first-order valence-corrected chi connectivity index (χ1v) is 5.31. The first-order valence-electron chi connectivity index (χ1n) is 5.31. The summed E-state index contributed by atoms with van der Waals surface area (Å²) in [4.78, 5) is 15.8. The number of carbonyl (C=O) groups excluding carboxylic acids is 1. The van der Waals surface area contributed by atoms with E-state index in [-0.39, 0.29) is 5.56 Å². The molecule has 0 aromatic carbocycles. The molecule has 0 aliphatic heterocycles. The Hall–Kier alpha value is -2.11. The molecule has 0 spiro atoms. The van der Waals surface area contributed by atoms with Gasteiger partial charge in [-0.1, -0.05) is 0 Å². The van der Waals surface area contributed by atoms with E-state index in [1.165, 1.54) is 6.20 Å². The zero-order valence-corrected chi connectivity index (χ0v) is 10.0. The number of ether oxygens (including phenoxy) is 1. The van der Waals surface area contributed by atoms with Crippen LogP contribution in [0.1, 0.15) is 23.0 Å². The van der Waals surface area contributed by atoms with Gasteiger partial charge in [0.15, 0.2) is 5.65 Å². The summed E-state index contributed by atoms with van der Waals surface area (Å²) < 4.78 is 6.55. The third-order valence-electron chi connectivity index (χ3n) is 2.56. The molecule has 0 atom stereocenters. The van der Waals surface area contributed by atoms with Gasteiger partial charge < -0.3 is 10.5 Å². The monoisotopic (exact) mass is 234 g/mol. The Kier molecular flexibility index (Phi) is 2.71. The van der Waals surface area contributed by atoms with Gasteiger partial charge in [-0.15, -0.1) is 0 Å². The number of aryl methyl sites for hydroxylation is 2. The molecule has 0 unspecified atom stereocenters. The summed E-state index contributed by atoms with van der Waals surface area (Å²) in [5, 5.41) is 4.93. The predicted molar refractivity (Wildman–Crippen MR) is 63.6 cm³/mol. The average Bonchev–Trinajstić information content (AvgIpc) is 2.56. The van der Waals surface area contributed by atoms with Crippen molar-refractivity contribution in [3.05, 3.63) is 17.5 Å². The average molecular weight is 234 g/mol. The normalized spacial score (nSPS) is 10.8. The minimum absolute atomic E-state index is 0.287. The number of nitrogen functional groups attached to an aromatic ring is 1. The van der Waals surface area contributed by atoms with Crippen molar-refractivity contribution >= 4 is 22.7 Å². The van der Waals surface area contributed by atoms with Gasteiger partial charge in [-0.25, -0.2) is 9.78 Å². The Labute approximate surface area is 98.4 Å². The molecule has 2 aromatic rings. The number of nitrogens with zero attached hydrogens (tertiary/aromatic N) is 3. The van der Waals surface area contributed by atoms with Crippen LogP contribution in [0.25, 0.3) is 11.0 Å². The van der Waals surface area contributed by atoms with E-state index in [1.807, 2.05) is 6.92 Å². The van der Waals surface area contributed by atoms with Crippen LogP contribution in [0.2, 0.25) is 0 Å². The number of hydrogen-bond donors (Lipinski definition) is 1. The Morgan fingerprint density at radius 3 is 2.94 bits per heavy atom. The summed E-state index contributed by atoms with van der Waals surface area (Å²) in [6.45, 7) is 3.88. The second-order valence-corrected chi connectivity index (χ2v) is 3.71. The molecular weight excluding hydrogens is 220 g/mol. The van der Waals surface area contributed by atoms with Gasteiger partial charge in [0.05, 0.1) is 23.4 Å². The van der Waals surface area contributed by atoms with Gasteiger partial charge in [0.2, 0.25) is 0 Å². The van der Waals surface area contributed by atoms with Crippen LogP contribution in [0.3, 0.4) is 0 Å². The number of carbonyl (C=O) groups is 1. The van der Waals surface area contributed by atoms with Crippen LogP contribution < -0.4 is 5.73 Å². The molecule has 0 amide bonds. The van der Waals surface area contributed by atoms with E-state index < -0.39 is 5.97 Å². The van der Waals surface area contributed by atoms with Crippen LogP contribution >= 0.6 is 0 Å². The molecule has 0 bridgehead atoms. The van der Waals surface area contributed by atoms with Crippen molar-refractivity contribution in [1.29, 1.82) is 0 Å². The highest BCUT2D eigenvalue weighted by molar-refractivity contribution is 6.04. The minimum Gasteiger partial charge on any atom is -0.462 e. The minimum atomic E-state index is -0.456. The van der Waals surface area contributed by atoms with E-state index in [9.17, 15) is 4.79 Å². The molecule has 2 heterocycles. The molecule has 0 saturated heterocycles. The van der Waals surface area contributed by atoms with Crippen molar-refractivity contribution in [2.75, 3.05) is 12.3 Å². The summed E-state index contributed by atoms with van der Waals surface area (Å²) in [6, 6.07) is 0. The Bertz CT molecular complexity index is 589. The number of aromatic nitrogens is 3. The molecule has 17 heavy (non-hydrogen) atoms. The second kappa shape index (κ2) is 4.04. The van der Waals surface area contributed by atoms with E-state index in [0.29, 0.717) is 23.3 Å². The van der Waals surface area contributed by atoms with Crippen LogP contribution in [0.5, 0.6) is 0 Å². The summed E-state index contributed by atoms with van der Waals surface area (Å²) in [6.07, 6.45) is 1.43. The smallest absolute Gasteiger partial charge is 0.341 e. The molecule has 0 radical (unpaired) electrons. The zero-order chi connectivity index (χ0) is 12.6. The van der Waals surface area contributed by atoms with Crippen molar-refractivity contribution in [2.24, 2.45) is 7.05 Å². The van der Waals surface area contributed by atoms with Crippen molar-refractivity contribution in [1.82, 2.24) is 14.8 Å². The molecule has 2 N–H and O–H groups in total. The molecule has 6 heteroatoms. The van der Waals surface area contributed by atoms with Gasteiger partial charge in [0, 0.05) is 13.2 Å². The fourth-order valence-electron chi connectivity index (χ4n) is 1.81. The number of anilines is 1. The van der Waals surface area contributed by atoms with Crippen LogP contribution in [-0.2, 0) is 11.8 Å². The fraction of sp³-hybridized carbons (Fsp3) is 0.364. The maximum Gasteiger partial charge on any atom is 0.341 e. The third kappa shape index (κ3) is 1.71. The topological polar surface area (TPSA) is 83.0 Å². The molecule has 0 saturated carbocycles. The molecule has 2 aromatic heterocycles. The summed E-state index contributed by atoms with van der Waals surface area (Å²) in [7, 11) is 1.78. The maximum atomic E-state index is 11.7. The fourth-order valence-corrected chi connectivity index (χ4v) is 1.81. The Balaban J connectivity index is 2.65. The molecule has 0 aliphatic carbocycles. The van der Waals surface area contributed by atoms with E-state index in [0.717, 1.165) is 5.69 Å². The lowest BCUT2D eigenvalue weighted by atomic mass is 10.1. The number of hydrogen-bond acceptors (Lipinski definition) is 5. The summed E-state index contributed by atoms with van der Waals surface area (Å²) >= 11 is 0. The Morgan fingerprint density at radius 1 is 1.59 bits per heavy atom. The van der Waals surface area contributed by atoms with Gasteiger partial charge in [-0.3, -0.25) is 4.68 Å². The lowest BCUT2D eigenvalue weighted by molar-refractivity contribution is 0.0527. The van der Waals surface area contributed by atoms with Crippen molar-refractivity contribution in [3.8, 4) is 0 Å². The first kappa shape index (κ1) is 11.4. The van der Waals surface area contributed by atoms with Crippen LogP contribution in [-0.4, -0.2) is 27.3 Å². The number of esters is 1. The van der Waals surface area contributed by atoms with Crippen molar-refractivity contribution < 1.29 is 9.53 Å². The highest BCUT2D eigenvalue weighted by Crippen LogP contribution is 2.25. The maximum absolute atomic E-state index is 11.7. The molecule has 90 valence electrons. The van der Waals surface area contributed by atoms with E-state index >= 15 is 0 Å². The Morgan fingerprint density at radius 2 is 2.29 bits per heavy atom. The van der Waals surface area contributed by atoms with Crippen molar-refractivity contribution in [3.63, 3.8) is 0 Å². The van der Waals surface area contributed by atoms with Crippen molar-refractivity contribution in [2.45, 2.75) is 13.8 Å². The van der Waals surface area contributed by atoms with E-state index in [2.05, 4.69) is 10.1 Å². The largest absolute Gasteiger partial charge is 0.462 e. The standard InChI is InChI=1S/C11H14N4O2/c1-4-17-11(16)7-5-13-10-8(9(7)12)6(2)14-15(10)3/h5H,4H2,1-3H3,(H2,12,13). The van der Waals surface area contributed by atoms with Gasteiger partial charge >= 0.3 is 5.97 Å². The molecular formula is C11H14N4O2. The predicted octanol–water partition coefficient (Wildman–Crippen LogP) is 1.04. The molecule has 2 rings (SSSR count). The van der Waals surface area contributed by atoms with Crippen LogP contribution in [0.4, 0.5) is 5.69 Å². The molecule has 0 fully saturated rings. The lowest BCUT2D eigenvalue weighted by Crippen LogP contribution is -2.09. The first-order chi connectivity index (χ1) is 8.06. The second-order valence-electron chi connectivity index (χ2n) is 3.71. The molecule has 6 nitrogen and oxygen atoms in total. The summed E-state index contributed by atoms with van der Waals surface area (Å²) in [5.41, 5.74) is 8.04. The quantitative estimate of drug-likeness (QED) is 0.785. The van der Waals surface area contributed by atoms with E-state index in [4.69, 9.17) is 10.5 Å². The third-order valence-corrected chi connectivity index (χ3v) is 2.56. The van der Waals surface area contributed by atoms with Gasteiger partial charge in [0.1, 0.15) is 5.56 Å². The SMILES string of the molecule is CCOC(=O)c1cnc2c(c(C)nn2C)c1N.